The fourth-order valence-electron chi connectivity index (χ4n) is 1.19. The molecule has 0 saturated carbocycles. The summed E-state index contributed by atoms with van der Waals surface area (Å²) in [5, 5.41) is 9.63. The van der Waals surface area contributed by atoms with Gasteiger partial charge in [0.15, 0.2) is 0 Å². The summed E-state index contributed by atoms with van der Waals surface area (Å²) in [6, 6.07) is 10.7. The van der Waals surface area contributed by atoms with Crippen molar-refractivity contribution in [1.82, 2.24) is 4.98 Å². The van der Waals surface area contributed by atoms with E-state index in [4.69, 9.17) is 5.11 Å². The summed E-state index contributed by atoms with van der Waals surface area (Å²) in [6.45, 7) is 0. The highest BCUT2D eigenvalue weighted by Crippen LogP contribution is 2.11. The van der Waals surface area contributed by atoms with Gasteiger partial charge in [-0.1, -0.05) is 24.3 Å². The molecule has 0 amide bonds. The van der Waals surface area contributed by atoms with Gasteiger partial charge in [-0.15, -0.1) is 0 Å². The maximum absolute atomic E-state index is 10.6. The van der Waals surface area contributed by atoms with Crippen LogP contribution in [0.15, 0.2) is 36.4 Å². The fraction of sp³-hybridized carbons (Fsp3) is 0. The quantitative estimate of drug-likeness (QED) is 0.727. The van der Waals surface area contributed by atoms with Crippen LogP contribution in [0.2, 0.25) is 0 Å². The number of aromatic nitrogens is 1. The highest BCUT2D eigenvalue weighted by molar-refractivity contribution is 5.89. The van der Waals surface area contributed by atoms with Crippen LogP contribution in [0.3, 0.4) is 0 Å². The Morgan fingerprint density at radius 3 is 2.40 bits per heavy atom. The number of hydrogen-bond donors (Lipinski definition) is 1. The molecule has 0 spiro atoms. The Morgan fingerprint density at radius 1 is 1.07 bits per heavy atom. The molecule has 0 radical (unpaired) electrons. The van der Waals surface area contributed by atoms with Crippen LogP contribution in [0, 0.1) is 0 Å². The third-order valence-corrected chi connectivity index (χ3v) is 1.82. The molecule has 15 heavy (non-hydrogen) atoms. The summed E-state index contributed by atoms with van der Waals surface area (Å²) >= 11 is 0. The lowest BCUT2D eigenvalue weighted by Crippen LogP contribution is -1.99. The highest BCUT2D eigenvalue weighted by atomic mass is 16.4. The molecule has 80 valence electrons. The van der Waals surface area contributed by atoms with Crippen molar-refractivity contribution in [1.29, 1.82) is 0 Å². The number of pyridine rings is 1. The monoisotopic (exact) mass is 209 g/mol. The average Bonchev–Trinajstić information content (AvgIpc) is 2.17. The van der Waals surface area contributed by atoms with Gasteiger partial charge in [0.05, 0.1) is 5.52 Å². The van der Waals surface area contributed by atoms with Crippen molar-refractivity contribution < 1.29 is 20.9 Å². The number of rotatable bonds is 1. The molecule has 1 aromatic carbocycles. The summed E-state index contributed by atoms with van der Waals surface area (Å²) in [4.78, 5) is 14.6. The summed E-state index contributed by atoms with van der Waals surface area (Å²) < 4.78 is 0. The molecule has 1 heterocycles. The van der Waals surface area contributed by atoms with Gasteiger partial charge in [-0.2, -0.15) is 0 Å². The van der Waals surface area contributed by atoms with Crippen LogP contribution < -0.4 is 0 Å². The Balaban J connectivity index is 0.000000980. The fourth-order valence-corrected chi connectivity index (χ4v) is 1.19. The first-order chi connectivity index (χ1) is 6.27. The number of hydrogen-bond acceptors (Lipinski definition) is 2. The molecule has 5 nitrogen and oxygen atoms in total. The van der Waals surface area contributed by atoms with Crippen molar-refractivity contribution >= 4 is 16.9 Å². The summed E-state index contributed by atoms with van der Waals surface area (Å²) in [6.07, 6.45) is 0. The van der Waals surface area contributed by atoms with Crippen LogP contribution in [-0.2, 0) is 0 Å². The first-order valence-corrected chi connectivity index (χ1v) is 3.86. The SMILES string of the molecule is O.O.O=C(O)c1ccc2ccccc2n1. The molecular weight excluding hydrogens is 198 g/mol. The topological polar surface area (TPSA) is 113 Å². The average molecular weight is 209 g/mol. The van der Waals surface area contributed by atoms with Crippen molar-refractivity contribution in [2.24, 2.45) is 0 Å². The van der Waals surface area contributed by atoms with Crippen molar-refractivity contribution in [2.45, 2.75) is 0 Å². The second-order valence-corrected chi connectivity index (χ2v) is 2.69. The number of para-hydroxylation sites is 1. The zero-order chi connectivity index (χ0) is 9.26. The van der Waals surface area contributed by atoms with Gasteiger partial charge in [-0.25, -0.2) is 9.78 Å². The van der Waals surface area contributed by atoms with Crippen LogP contribution in [0.4, 0.5) is 0 Å². The Kier molecular flexibility index (Phi) is 4.37. The van der Waals surface area contributed by atoms with E-state index in [0.29, 0.717) is 5.52 Å². The van der Waals surface area contributed by atoms with Gasteiger partial charge in [0.1, 0.15) is 5.69 Å². The van der Waals surface area contributed by atoms with E-state index >= 15 is 0 Å². The normalized spacial score (nSPS) is 8.80. The predicted octanol–water partition coefficient (Wildman–Crippen LogP) is 0.284. The molecule has 5 N–H and O–H groups in total. The van der Waals surface area contributed by atoms with Crippen molar-refractivity contribution in [3.05, 3.63) is 42.1 Å². The Bertz CT molecular complexity index is 470. The molecule has 0 bridgehead atoms. The van der Waals surface area contributed by atoms with E-state index in [9.17, 15) is 4.79 Å². The molecule has 0 fully saturated rings. The molecule has 1 aromatic heterocycles. The summed E-state index contributed by atoms with van der Waals surface area (Å²) in [7, 11) is 0. The van der Waals surface area contributed by atoms with Crippen molar-refractivity contribution in [2.75, 3.05) is 0 Å². The van der Waals surface area contributed by atoms with Gasteiger partial charge in [-0.05, 0) is 12.1 Å². The van der Waals surface area contributed by atoms with E-state index in [1.165, 1.54) is 6.07 Å². The third kappa shape index (κ3) is 2.49. The second-order valence-electron chi connectivity index (χ2n) is 2.69. The van der Waals surface area contributed by atoms with E-state index in [1.807, 2.05) is 18.2 Å². The Labute approximate surface area is 85.6 Å². The summed E-state index contributed by atoms with van der Waals surface area (Å²) in [5.41, 5.74) is 0.793. The lowest BCUT2D eigenvalue weighted by Gasteiger charge is -1.97. The molecule has 0 aliphatic rings. The van der Waals surface area contributed by atoms with Gasteiger partial charge in [-0.3, -0.25) is 0 Å². The third-order valence-electron chi connectivity index (χ3n) is 1.82. The van der Waals surface area contributed by atoms with Crippen LogP contribution in [-0.4, -0.2) is 27.0 Å². The molecule has 0 atom stereocenters. The maximum atomic E-state index is 10.6. The Morgan fingerprint density at radius 2 is 1.73 bits per heavy atom. The molecule has 0 aliphatic heterocycles. The molecule has 0 unspecified atom stereocenters. The van der Waals surface area contributed by atoms with E-state index in [-0.39, 0.29) is 16.6 Å². The van der Waals surface area contributed by atoms with E-state index < -0.39 is 5.97 Å². The van der Waals surface area contributed by atoms with Gasteiger partial charge in [0, 0.05) is 5.39 Å². The van der Waals surface area contributed by atoms with Crippen LogP contribution in [0.5, 0.6) is 0 Å². The first kappa shape index (κ1) is 13.0. The molecule has 0 saturated heterocycles. The maximum Gasteiger partial charge on any atom is 0.354 e. The lowest BCUT2D eigenvalue weighted by molar-refractivity contribution is 0.0691. The van der Waals surface area contributed by atoms with Crippen molar-refractivity contribution in [3.8, 4) is 0 Å². The van der Waals surface area contributed by atoms with E-state index in [1.54, 1.807) is 12.1 Å². The van der Waals surface area contributed by atoms with E-state index in [0.717, 1.165) is 5.39 Å². The minimum atomic E-state index is -0.995. The lowest BCUT2D eigenvalue weighted by atomic mass is 10.2. The van der Waals surface area contributed by atoms with Gasteiger partial charge >= 0.3 is 5.97 Å². The minimum Gasteiger partial charge on any atom is -0.477 e. The number of nitrogens with zero attached hydrogens (tertiary/aromatic N) is 1. The van der Waals surface area contributed by atoms with E-state index in [2.05, 4.69) is 4.98 Å². The number of aromatic carboxylic acids is 1. The van der Waals surface area contributed by atoms with Gasteiger partial charge in [0.25, 0.3) is 0 Å². The smallest absolute Gasteiger partial charge is 0.354 e. The number of carbonyl (C=O) groups is 1. The highest BCUT2D eigenvalue weighted by Gasteiger charge is 2.03. The zero-order valence-corrected chi connectivity index (χ0v) is 7.77. The van der Waals surface area contributed by atoms with Gasteiger partial charge < -0.3 is 16.1 Å². The Hall–Kier alpha value is -1.98. The predicted molar refractivity (Wildman–Crippen MR) is 55.9 cm³/mol. The van der Waals surface area contributed by atoms with Gasteiger partial charge in [0.2, 0.25) is 0 Å². The molecule has 2 aromatic rings. The van der Waals surface area contributed by atoms with Crippen molar-refractivity contribution in [3.63, 3.8) is 0 Å². The molecular formula is C10H11NO4. The van der Waals surface area contributed by atoms with Crippen LogP contribution >= 0.6 is 0 Å². The summed E-state index contributed by atoms with van der Waals surface area (Å²) in [5.74, 6) is -0.995. The number of benzene rings is 1. The van der Waals surface area contributed by atoms with Crippen LogP contribution in [0.25, 0.3) is 10.9 Å². The standard InChI is InChI=1S/C10H7NO2.2H2O/c12-10(13)9-6-5-7-3-1-2-4-8(7)11-9;;/h1-6H,(H,12,13);2*1H2. The molecule has 5 heteroatoms. The second kappa shape index (κ2) is 5.04. The number of carboxylic acids is 1. The zero-order valence-electron chi connectivity index (χ0n) is 7.77. The number of fused-ring (bicyclic) bond motifs is 1. The molecule has 0 aliphatic carbocycles. The number of carboxylic acid groups (broad SMARTS) is 1. The van der Waals surface area contributed by atoms with Crippen LogP contribution in [0.1, 0.15) is 10.5 Å². The minimum absolute atomic E-state index is 0. The molecule has 2 rings (SSSR count). The first-order valence-electron chi connectivity index (χ1n) is 3.86. The largest absolute Gasteiger partial charge is 0.477 e.